The molecule has 0 radical (unpaired) electrons. The van der Waals surface area contributed by atoms with E-state index in [1.807, 2.05) is 22.8 Å². The van der Waals surface area contributed by atoms with Crippen molar-refractivity contribution in [1.82, 2.24) is 19.5 Å². The molecule has 0 aliphatic rings. The number of aromatic nitrogens is 4. The second-order valence-electron chi connectivity index (χ2n) is 9.26. The first-order chi connectivity index (χ1) is 16.3. The molecule has 1 aromatic carbocycles. The lowest BCUT2D eigenvalue weighted by Gasteiger charge is -2.17. The van der Waals surface area contributed by atoms with Crippen molar-refractivity contribution in [2.75, 3.05) is 5.32 Å². The Bertz CT molecular complexity index is 1500. The van der Waals surface area contributed by atoms with E-state index in [-0.39, 0.29) is 12.5 Å². The Balaban J connectivity index is 1.54. The molecule has 172 valence electrons. The van der Waals surface area contributed by atoms with Crippen LogP contribution in [0.5, 0.6) is 0 Å². The Morgan fingerprint density at radius 1 is 1.12 bits per heavy atom. The molecule has 0 saturated heterocycles. The summed E-state index contributed by atoms with van der Waals surface area (Å²) in [6, 6.07) is 14.2. The van der Waals surface area contributed by atoms with Gasteiger partial charge in [0.2, 0.25) is 0 Å². The number of hydrogen-bond acceptors (Lipinski definition) is 6. The van der Waals surface area contributed by atoms with Crippen LogP contribution in [0.1, 0.15) is 21.1 Å². The van der Waals surface area contributed by atoms with Crippen LogP contribution < -0.4 is 10.5 Å². The third-order valence-electron chi connectivity index (χ3n) is 5.78. The van der Waals surface area contributed by atoms with Crippen molar-refractivity contribution >= 4 is 57.4 Å². The normalized spacial score (nSPS) is 11.9. The van der Waals surface area contributed by atoms with Crippen LogP contribution in [0, 0.1) is 0 Å². The fourth-order valence-electron chi connectivity index (χ4n) is 3.97. The maximum absolute atomic E-state index is 13.5. The molecule has 1 amide bonds. The van der Waals surface area contributed by atoms with Crippen molar-refractivity contribution in [2.24, 2.45) is 0 Å². The summed E-state index contributed by atoms with van der Waals surface area (Å²) < 4.78 is 2.05. The molecule has 34 heavy (non-hydrogen) atoms. The average Bonchev–Trinajstić information content (AvgIpc) is 3.40. The van der Waals surface area contributed by atoms with Crippen LogP contribution in [0.2, 0.25) is 19.6 Å². The lowest BCUT2D eigenvalue weighted by atomic mass is 10.2. The molecule has 5 rings (SSSR count). The summed E-state index contributed by atoms with van der Waals surface area (Å²) in [6.07, 6.45) is 5.15. The van der Waals surface area contributed by atoms with Crippen molar-refractivity contribution in [3.05, 3.63) is 77.3 Å². The van der Waals surface area contributed by atoms with Gasteiger partial charge in [0, 0.05) is 29.8 Å². The molecule has 0 saturated carbocycles. The number of nitrogens with one attached hydrogen (secondary N) is 1. The Hall–Kier alpha value is -3.40. The maximum Gasteiger partial charge on any atom is 0.272 e. The highest BCUT2D eigenvalue weighted by atomic mass is 32.1. The minimum atomic E-state index is -1.50. The number of aliphatic hydroxyl groups excluding tert-OH is 1. The van der Waals surface area contributed by atoms with Crippen LogP contribution in [-0.4, -0.2) is 38.6 Å². The standard InChI is InChI=1S/C25H25N5O2SSi/c1-34(2,3)19-4-5-21-17(10-19)11-22(30(21)14-16-6-8-26-9-7-16)24(32)28-18-12-20-25(27-13-18)33-23(15-31)29-20/h4-13,31H,14-15H2,1-3H3,(H,28,32). The van der Waals surface area contributed by atoms with Crippen molar-refractivity contribution in [2.45, 2.75) is 32.8 Å². The molecule has 7 nitrogen and oxygen atoms in total. The van der Waals surface area contributed by atoms with Gasteiger partial charge in [0.15, 0.2) is 0 Å². The number of hydrogen-bond donors (Lipinski definition) is 2. The number of pyridine rings is 2. The van der Waals surface area contributed by atoms with Crippen molar-refractivity contribution in [1.29, 1.82) is 0 Å². The highest BCUT2D eigenvalue weighted by Crippen LogP contribution is 2.25. The van der Waals surface area contributed by atoms with Crippen LogP contribution in [0.25, 0.3) is 21.3 Å². The van der Waals surface area contributed by atoms with E-state index >= 15 is 0 Å². The summed E-state index contributed by atoms with van der Waals surface area (Å²) >= 11 is 1.34. The van der Waals surface area contributed by atoms with Gasteiger partial charge >= 0.3 is 0 Å². The summed E-state index contributed by atoms with van der Waals surface area (Å²) in [7, 11) is -1.50. The highest BCUT2D eigenvalue weighted by Gasteiger charge is 2.21. The minimum Gasteiger partial charge on any atom is -0.389 e. The van der Waals surface area contributed by atoms with E-state index in [0.29, 0.717) is 28.5 Å². The van der Waals surface area contributed by atoms with Gasteiger partial charge in [-0.1, -0.05) is 48.3 Å². The largest absolute Gasteiger partial charge is 0.389 e. The molecule has 2 N–H and O–H groups in total. The molecule has 0 fully saturated rings. The van der Waals surface area contributed by atoms with Crippen molar-refractivity contribution < 1.29 is 9.90 Å². The van der Waals surface area contributed by atoms with Crippen molar-refractivity contribution in [3.8, 4) is 0 Å². The van der Waals surface area contributed by atoms with Gasteiger partial charge in [0.1, 0.15) is 21.0 Å². The van der Waals surface area contributed by atoms with Crippen LogP contribution in [0.15, 0.2) is 61.1 Å². The second kappa shape index (κ2) is 8.75. The summed E-state index contributed by atoms with van der Waals surface area (Å²) in [6.45, 7) is 7.39. The summed E-state index contributed by atoms with van der Waals surface area (Å²) in [5, 5.41) is 15.3. The average molecular weight is 488 g/mol. The molecule has 4 aromatic heterocycles. The number of carbonyl (C=O) groups is 1. The predicted octanol–water partition coefficient (Wildman–Crippen LogP) is 4.38. The summed E-state index contributed by atoms with van der Waals surface area (Å²) in [5.41, 5.74) is 3.89. The van der Waals surface area contributed by atoms with E-state index < -0.39 is 8.07 Å². The zero-order valence-electron chi connectivity index (χ0n) is 19.2. The zero-order chi connectivity index (χ0) is 23.9. The first kappa shape index (κ1) is 22.4. The molecule has 4 heterocycles. The summed E-state index contributed by atoms with van der Waals surface area (Å²) in [4.78, 5) is 27.0. The first-order valence-corrected chi connectivity index (χ1v) is 15.3. The minimum absolute atomic E-state index is 0.128. The van der Waals surface area contributed by atoms with Gasteiger partial charge in [-0.2, -0.15) is 0 Å². The molecule has 0 bridgehead atoms. The number of benzene rings is 1. The Morgan fingerprint density at radius 3 is 2.65 bits per heavy atom. The van der Waals surface area contributed by atoms with E-state index in [4.69, 9.17) is 0 Å². The van der Waals surface area contributed by atoms with Crippen LogP contribution in [-0.2, 0) is 13.2 Å². The number of nitrogens with zero attached hydrogens (tertiary/aromatic N) is 4. The first-order valence-electron chi connectivity index (χ1n) is 11.0. The Kier molecular flexibility index (Phi) is 5.76. The van der Waals surface area contributed by atoms with Crippen LogP contribution in [0.4, 0.5) is 5.69 Å². The lowest BCUT2D eigenvalue weighted by molar-refractivity contribution is 0.101. The molecule has 0 unspecified atom stereocenters. The van der Waals surface area contributed by atoms with Gasteiger partial charge in [0.25, 0.3) is 5.91 Å². The SMILES string of the molecule is C[Si](C)(C)c1ccc2c(c1)cc(C(=O)Nc1cnc3sc(CO)nc3c1)n2Cc1ccncc1. The molecular formula is C25H25N5O2SSi. The number of fused-ring (bicyclic) bond motifs is 2. The number of thiazole rings is 1. The van der Waals surface area contributed by atoms with Crippen LogP contribution in [0.3, 0.4) is 0 Å². The van der Waals surface area contributed by atoms with Gasteiger partial charge < -0.3 is 15.0 Å². The van der Waals surface area contributed by atoms with E-state index in [9.17, 15) is 9.90 Å². The molecule has 0 spiro atoms. The molecule has 0 atom stereocenters. The third-order valence-corrected chi connectivity index (χ3v) is 8.78. The maximum atomic E-state index is 13.5. The van der Waals surface area contributed by atoms with E-state index in [0.717, 1.165) is 21.3 Å². The lowest BCUT2D eigenvalue weighted by Crippen LogP contribution is -2.37. The topological polar surface area (TPSA) is 92.9 Å². The van der Waals surface area contributed by atoms with E-state index in [1.54, 1.807) is 24.7 Å². The van der Waals surface area contributed by atoms with Crippen LogP contribution >= 0.6 is 11.3 Å². The second-order valence-corrected chi connectivity index (χ2v) is 15.4. The third kappa shape index (κ3) is 4.37. The number of anilines is 1. The Labute approximate surface area is 202 Å². The number of carbonyl (C=O) groups excluding carboxylic acids is 1. The number of amides is 1. The number of rotatable bonds is 6. The van der Waals surface area contributed by atoms with E-state index in [2.05, 4.69) is 58.1 Å². The highest BCUT2D eigenvalue weighted by molar-refractivity contribution is 7.18. The smallest absolute Gasteiger partial charge is 0.272 e. The predicted molar refractivity (Wildman–Crippen MR) is 140 cm³/mol. The summed E-state index contributed by atoms with van der Waals surface area (Å²) in [5.74, 6) is -0.210. The zero-order valence-corrected chi connectivity index (χ0v) is 21.1. The van der Waals surface area contributed by atoms with E-state index in [1.165, 1.54) is 16.5 Å². The Morgan fingerprint density at radius 2 is 1.91 bits per heavy atom. The fourth-order valence-corrected chi connectivity index (χ4v) is 5.88. The van der Waals surface area contributed by atoms with Gasteiger partial charge in [-0.3, -0.25) is 9.78 Å². The fraction of sp³-hybridized carbons (Fsp3) is 0.200. The number of aliphatic hydroxyl groups is 1. The van der Waals surface area contributed by atoms with Gasteiger partial charge in [-0.05, 0) is 35.9 Å². The van der Waals surface area contributed by atoms with Gasteiger partial charge in [0.05, 0.1) is 26.6 Å². The molecule has 0 aliphatic carbocycles. The van der Waals surface area contributed by atoms with Gasteiger partial charge in [-0.15, -0.1) is 0 Å². The van der Waals surface area contributed by atoms with Crippen molar-refractivity contribution in [3.63, 3.8) is 0 Å². The molecule has 5 aromatic rings. The molecule has 9 heteroatoms. The quantitative estimate of drug-likeness (QED) is 0.347. The molecule has 0 aliphatic heterocycles. The molecular weight excluding hydrogens is 462 g/mol. The monoisotopic (exact) mass is 487 g/mol. The van der Waals surface area contributed by atoms with Gasteiger partial charge in [-0.25, -0.2) is 9.97 Å².